The van der Waals surface area contributed by atoms with Gasteiger partial charge in [-0.1, -0.05) is 6.92 Å². The third-order valence-electron chi connectivity index (χ3n) is 3.94. The Morgan fingerprint density at radius 3 is 3.00 bits per heavy atom. The molecule has 2 fully saturated rings. The van der Waals surface area contributed by atoms with Crippen molar-refractivity contribution in [2.24, 2.45) is 5.92 Å². The van der Waals surface area contributed by atoms with Crippen molar-refractivity contribution in [2.45, 2.75) is 32.3 Å². The molecule has 0 aromatic rings. The van der Waals surface area contributed by atoms with Crippen LogP contribution in [0.25, 0.3) is 0 Å². The zero-order valence-electron chi connectivity index (χ0n) is 11.4. The highest BCUT2D eigenvalue weighted by molar-refractivity contribution is 5.74. The van der Waals surface area contributed by atoms with Crippen molar-refractivity contribution in [3.8, 4) is 0 Å². The van der Waals surface area contributed by atoms with Crippen LogP contribution < -0.4 is 5.32 Å². The van der Waals surface area contributed by atoms with Crippen LogP contribution in [0.3, 0.4) is 0 Å². The number of urea groups is 1. The molecule has 2 saturated heterocycles. The van der Waals surface area contributed by atoms with Crippen molar-refractivity contribution < 1.29 is 14.3 Å². The maximum absolute atomic E-state index is 12.1. The van der Waals surface area contributed by atoms with E-state index < -0.39 is 0 Å². The van der Waals surface area contributed by atoms with Gasteiger partial charge in [0.05, 0.1) is 25.4 Å². The summed E-state index contributed by atoms with van der Waals surface area (Å²) in [5, 5.41) is 3.01. The zero-order valence-corrected chi connectivity index (χ0v) is 11.4. The summed E-state index contributed by atoms with van der Waals surface area (Å²) in [7, 11) is 0. The molecule has 0 aromatic heterocycles. The number of hydrogen-bond donors (Lipinski definition) is 1. The largest absolute Gasteiger partial charge is 0.381 e. The Kier molecular flexibility index (Phi) is 4.45. The number of ether oxygens (including phenoxy) is 2. The van der Waals surface area contributed by atoms with Crippen molar-refractivity contribution in [2.75, 3.05) is 39.5 Å². The number of hydrogen-bond acceptors (Lipinski definition) is 3. The summed E-state index contributed by atoms with van der Waals surface area (Å²) in [6.07, 6.45) is 1.98. The van der Waals surface area contributed by atoms with Gasteiger partial charge in [-0.15, -0.1) is 0 Å². The van der Waals surface area contributed by atoms with Gasteiger partial charge in [0.1, 0.15) is 0 Å². The van der Waals surface area contributed by atoms with E-state index in [1.807, 2.05) is 4.90 Å². The standard InChI is InChI=1S/C13H24N2O3/c1-3-13(2)10-15(5-7-18-13)12(16)14-8-11-4-6-17-9-11/h11H,3-10H2,1-2H3,(H,14,16)/t11-,13+/m0/s1. The minimum atomic E-state index is -0.188. The molecule has 2 heterocycles. The summed E-state index contributed by atoms with van der Waals surface area (Å²) in [5.74, 6) is 0.479. The smallest absolute Gasteiger partial charge is 0.317 e. The van der Waals surface area contributed by atoms with Crippen molar-refractivity contribution >= 4 is 6.03 Å². The normalized spacial score (nSPS) is 32.6. The molecule has 1 N–H and O–H groups in total. The molecule has 104 valence electrons. The Labute approximate surface area is 109 Å². The summed E-state index contributed by atoms with van der Waals surface area (Å²) < 4.78 is 11.0. The predicted octanol–water partition coefficient (Wildman–Crippen LogP) is 1.23. The lowest BCUT2D eigenvalue weighted by atomic mass is 10.0. The Bertz CT molecular complexity index is 292. The fraction of sp³-hybridized carbons (Fsp3) is 0.923. The first-order valence-electron chi connectivity index (χ1n) is 6.87. The van der Waals surface area contributed by atoms with Crippen molar-refractivity contribution in [1.29, 1.82) is 0 Å². The Morgan fingerprint density at radius 2 is 2.33 bits per heavy atom. The molecule has 18 heavy (non-hydrogen) atoms. The van der Waals surface area contributed by atoms with E-state index >= 15 is 0 Å². The van der Waals surface area contributed by atoms with Gasteiger partial charge in [-0.3, -0.25) is 0 Å². The molecule has 0 bridgehead atoms. The quantitative estimate of drug-likeness (QED) is 0.826. The van der Waals surface area contributed by atoms with Crippen molar-refractivity contribution in [3.63, 3.8) is 0 Å². The van der Waals surface area contributed by atoms with E-state index in [0.717, 1.165) is 32.6 Å². The predicted molar refractivity (Wildman–Crippen MR) is 68.5 cm³/mol. The number of carbonyl (C=O) groups excluding carboxylic acids is 1. The fourth-order valence-corrected chi connectivity index (χ4v) is 2.41. The molecule has 5 heteroatoms. The first-order valence-corrected chi connectivity index (χ1v) is 6.87. The third-order valence-corrected chi connectivity index (χ3v) is 3.94. The average molecular weight is 256 g/mol. The Morgan fingerprint density at radius 1 is 1.50 bits per heavy atom. The van der Waals surface area contributed by atoms with Gasteiger partial charge in [-0.2, -0.15) is 0 Å². The van der Waals surface area contributed by atoms with Crippen LogP contribution in [0.4, 0.5) is 4.79 Å². The van der Waals surface area contributed by atoms with Gasteiger partial charge < -0.3 is 19.7 Å². The van der Waals surface area contributed by atoms with E-state index in [1.54, 1.807) is 0 Å². The van der Waals surface area contributed by atoms with Gasteiger partial charge in [0.2, 0.25) is 0 Å². The van der Waals surface area contributed by atoms with Crippen LogP contribution in [-0.4, -0.2) is 56.0 Å². The zero-order chi connectivity index (χ0) is 13.0. The lowest BCUT2D eigenvalue weighted by Crippen LogP contribution is -2.54. The SMILES string of the molecule is CC[C@]1(C)CN(C(=O)NC[C@@H]2CCOC2)CCO1. The van der Waals surface area contributed by atoms with Gasteiger partial charge in [0.25, 0.3) is 0 Å². The van der Waals surface area contributed by atoms with Crippen LogP contribution >= 0.6 is 0 Å². The molecule has 0 aromatic carbocycles. The maximum Gasteiger partial charge on any atom is 0.317 e. The Balaban J connectivity index is 1.77. The molecule has 2 aliphatic heterocycles. The first-order chi connectivity index (χ1) is 8.63. The maximum atomic E-state index is 12.1. The van der Waals surface area contributed by atoms with E-state index in [-0.39, 0.29) is 11.6 Å². The van der Waals surface area contributed by atoms with Crippen molar-refractivity contribution in [1.82, 2.24) is 10.2 Å². The molecule has 2 amide bonds. The molecule has 0 spiro atoms. The van der Waals surface area contributed by atoms with Gasteiger partial charge in [0.15, 0.2) is 0 Å². The second-order valence-corrected chi connectivity index (χ2v) is 5.49. The highest BCUT2D eigenvalue weighted by Crippen LogP contribution is 2.21. The molecule has 2 aliphatic rings. The fourth-order valence-electron chi connectivity index (χ4n) is 2.41. The lowest BCUT2D eigenvalue weighted by Gasteiger charge is -2.40. The van der Waals surface area contributed by atoms with E-state index in [9.17, 15) is 4.79 Å². The van der Waals surface area contributed by atoms with E-state index in [2.05, 4.69) is 19.2 Å². The number of carbonyl (C=O) groups is 1. The topological polar surface area (TPSA) is 50.8 Å². The number of rotatable bonds is 3. The average Bonchev–Trinajstić information content (AvgIpc) is 2.89. The van der Waals surface area contributed by atoms with Crippen LogP contribution in [0.5, 0.6) is 0 Å². The first kappa shape index (κ1) is 13.6. The number of morpholine rings is 1. The highest BCUT2D eigenvalue weighted by Gasteiger charge is 2.32. The van der Waals surface area contributed by atoms with E-state index in [4.69, 9.17) is 9.47 Å². The molecule has 0 radical (unpaired) electrons. The lowest BCUT2D eigenvalue weighted by molar-refractivity contribution is -0.0873. The summed E-state index contributed by atoms with van der Waals surface area (Å²) >= 11 is 0. The molecule has 2 atom stereocenters. The molecule has 0 aliphatic carbocycles. The second kappa shape index (κ2) is 5.89. The molecule has 2 rings (SSSR count). The second-order valence-electron chi connectivity index (χ2n) is 5.49. The summed E-state index contributed by atoms with van der Waals surface area (Å²) in [6.45, 7) is 8.47. The van der Waals surface area contributed by atoms with E-state index in [1.165, 1.54) is 0 Å². The van der Waals surface area contributed by atoms with Gasteiger partial charge >= 0.3 is 6.03 Å². The van der Waals surface area contributed by atoms with Crippen LogP contribution in [0.1, 0.15) is 26.7 Å². The number of amides is 2. The van der Waals surface area contributed by atoms with Gasteiger partial charge in [-0.05, 0) is 19.8 Å². The minimum Gasteiger partial charge on any atom is -0.381 e. The highest BCUT2D eigenvalue weighted by atomic mass is 16.5. The molecular weight excluding hydrogens is 232 g/mol. The van der Waals surface area contributed by atoms with Crippen molar-refractivity contribution in [3.05, 3.63) is 0 Å². The third kappa shape index (κ3) is 3.36. The molecule has 0 unspecified atom stereocenters. The van der Waals surface area contributed by atoms with E-state index in [0.29, 0.717) is 25.6 Å². The molecule has 0 saturated carbocycles. The number of nitrogens with zero attached hydrogens (tertiary/aromatic N) is 1. The van der Waals surface area contributed by atoms with Crippen LogP contribution in [-0.2, 0) is 9.47 Å². The number of nitrogens with one attached hydrogen (secondary N) is 1. The summed E-state index contributed by atoms with van der Waals surface area (Å²) in [4.78, 5) is 13.9. The molecular formula is C13H24N2O3. The summed E-state index contributed by atoms with van der Waals surface area (Å²) in [6, 6.07) is 0.0323. The summed E-state index contributed by atoms with van der Waals surface area (Å²) in [5.41, 5.74) is -0.188. The van der Waals surface area contributed by atoms with Crippen LogP contribution in [0, 0.1) is 5.92 Å². The van der Waals surface area contributed by atoms with Crippen LogP contribution in [0.15, 0.2) is 0 Å². The molecule has 5 nitrogen and oxygen atoms in total. The van der Waals surface area contributed by atoms with Gasteiger partial charge in [0, 0.05) is 25.6 Å². The van der Waals surface area contributed by atoms with Crippen LogP contribution in [0.2, 0.25) is 0 Å². The van der Waals surface area contributed by atoms with Gasteiger partial charge in [-0.25, -0.2) is 4.79 Å². The monoisotopic (exact) mass is 256 g/mol. The Hall–Kier alpha value is -0.810. The minimum absolute atomic E-state index is 0.0323.